The van der Waals surface area contributed by atoms with Crippen LogP contribution in [0.4, 0.5) is 4.79 Å². The Balaban J connectivity index is 1.54. The molecule has 1 aromatic rings. The summed E-state index contributed by atoms with van der Waals surface area (Å²) in [7, 11) is 0. The van der Waals surface area contributed by atoms with Gasteiger partial charge in [0.15, 0.2) is 11.5 Å². The summed E-state index contributed by atoms with van der Waals surface area (Å²) in [5.74, 6) is 0.985. The molecule has 0 radical (unpaired) electrons. The molecule has 0 aromatic heterocycles. The highest BCUT2D eigenvalue weighted by Gasteiger charge is 2.32. The lowest BCUT2D eigenvalue weighted by molar-refractivity contribution is -0.131. The molecule has 142 valence electrons. The van der Waals surface area contributed by atoms with E-state index in [4.69, 9.17) is 14.2 Å². The van der Waals surface area contributed by atoms with Crippen molar-refractivity contribution in [3.05, 3.63) is 24.3 Å². The molecule has 2 amide bonds. The maximum Gasteiger partial charge on any atom is 0.410 e. The van der Waals surface area contributed by atoms with E-state index in [9.17, 15) is 9.59 Å². The van der Waals surface area contributed by atoms with Crippen molar-refractivity contribution < 1.29 is 23.8 Å². The number of nitrogens with zero attached hydrogens (tertiary/aromatic N) is 1. The van der Waals surface area contributed by atoms with Crippen molar-refractivity contribution in [2.75, 3.05) is 19.7 Å². The Bertz CT molecular complexity index is 670. The minimum Gasteiger partial charge on any atom is -0.485 e. The first kappa shape index (κ1) is 18.4. The zero-order chi connectivity index (χ0) is 18.7. The van der Waals surface area contributed by atoms with Gasteiger partial charge in [0.25, 0.3) is 5.91 Å². The van der Waals surface area contributed by atoms with Crippen LogP contribution in [-0.4, -0.2) is 54.3 Å². The molecule has 1 saturated heterocycles. The molecule has 7 heteroatoms. The molecule has 0 bridgehead atoms. The van der Waals surface area contributed by atoms with Gasteiger partial charge in [-0.25, -0.2) is 4.79 Å². The Morgan fingerprint density at radius 2 is 1.96 bits per heavy atom. The first-order valence-corrected chi connectivity index (χ1v) is 8.98. The van der Waals surface area contributed by atoms with Crippen LogP contribution in [-0.2, 0) is 9.53 Å². The van der Waals surface area contributed by atoms with Crippen molar-refractivity contribution >= 4 is 12.0 Å². The van der Waals surface area contributed by atoms with Crippen LogP contribution in [0.1, 0.15) is 33.6 Å². The van der Waals surface area contributed by atoms with Crippen LogP contribution < -0.4 is 14.8 Å². The summed E-state index contributed by atoms with van der Waals surface area (Å²) in [5, 5.41) is 2.97. The van der Waals surface area contributed by atoms with Gasteiger partial charge in [0.1, 0.15) is 12.2 Å². The number of hydrogen-bond donors (Lipinski definition) is 1. The third-order valence-corrected chi connectivity index (χ3v) is 4.22. The largest absolute Gasteiger partial charge is 0.485 e. The fraction of sp³-hybridized carbons (Fsp3) is 0.579. The first-order valence-electron chi connectivity index (χ1n) is 8.98. The summed E-state index contributed by atoms with van der Waals surface area (Å²) in [6, 6.07) is 7.16. The topological polar surface area (TPSA) is 77.1 Å². The predicted molar refractivity (Wildman–Crippen MR) is 95.3 cm³/mol. The molecule has 0 unspecified atom stereocenters. The van der Waals surface area contributed by atoms with Gasteiger partial charge in [0.2, 0.25) is 6.10 Å². The summed E-state index contributed by atoms with van der Waals surface area (Å²) in [6.07, 6.45) is 0.592. The summed E-state index contributed by atoms with van der Waals surface area (Å²) in [6.45, 7) is 6.76. The van der Waals surface area contributed by atoms with Crippen LogP contribution in [0, 0.1) is 0 Å². The quantitative estimate of drug-likeness (QED) is 0.874. The highest BCUT2D eigenvalue weighted by Crippen LogP contribution is 2.31. The summed E-state index contributed by atoms with van der Waals surface area (Å²) < 4.78 is 16.7. The highest BCUT2D eigenvalue weighted by molar-refractivity contribution is 5.82. The number of benzene rings is 1. The smallest absolute Gasteiger partial charge is 0.410 e. The van der Waals surface area contributed by atoms with Gasteiger partial charge < -0.3 is 24.4 Å². The average Bonchev–Trinajstić information content (AvgIpc) is 2.60. The van der Waals surface area contributed by atoms with Crippen molar-refractivity contribution in [3.63, 3.8) is 0 Å². The van der Waals surface area contributed by atoms with Gasteiger partial charge in [-0.2, -0.15) is 0 Å². The van der Waals surface area contributed by atoms with Gasteiger partial charge in [-0.15, -0.1) is 0 Å². The maximum absolute atomic E-state index is 12.5. The van der Waals surface area contributed by atoms with Crippen molar-refractivity contribution in [3.8, 4) is 11.5 Å². The molecule has 1 N–H and O–H groups in total. The molecule has 2 atom stereocenters. The van der Waals surface area contributed by atoms with Crippen LogP contribution in [0.5, 0.6) is 11.5 Å². The number of piperidine rings is 1. The van der Waals surface area contributed by atoms with Crippen LogP contribution in [0.3, 0.4) is 0 Å². The van der Waals surface area contributed by atoms with Gasteiger partial charge >= 0.3 is 6.09 Å². The lowest BCUT2D eigenvalue weighted by Gasteiger charge is -2.35. The summed E-state index contributed by atoms with van der Waals surface area (Å²) >= 11 is 0. The summed E-state index contributed by atoms with van der Waals surface area (Å²) in [4.78, 5) is 26.4. The number of carbonyl (C=O) groups is 2. The lowest BCUT2D eigenvalue weighted by atomic mass is 10.1. The normalized spacial score (nSPS) is 22.5. The number of carbonyl (C=O) groups excluding carboxylic acids is 2. The van der Waals surface area contributed by atoms with E-state index in [0.717, 1.165) is 12.8 Å². The Hall–Kier alpha value is -2.44. The van der Waals surface area contributed by atoms with Crippen LogP contribution >= 0.6 is 0 Å². The number of fused-ring (bicyclic) bond motifs is 1. The lowest BCUT2D eigenvalue weighted by Crippen LogP contribution is -2.54. The first-order chi connectivity index (χ1) is 12.3. The number of rotatable bonds is 2. The molecule has 26 heavy (non-hydrogen) atoms. The fourth-order valence-corrected chi connectivity index (χ4v) is 3.03. The van der Waals surface area contributed by atoms with E-state index in [2.05, 4.69) is 5.32 Å². The van der Waals surface area contributed by atoms with Gasteiger partial charge in [-0.05, 0) is 45.7 Å². The van der Waals surface area contributed by atoms with Gasteiger partial charge in [-0.1, -0.05) is 12.1 Å². The Labute approximate surface area is 153 Å². The summed E-state index contributed by atoms with van der Waals surface area (Å²) in [5.41, 5.74) is -0.534. The minimum atomic E-state index is -0.693. The maximum atomic E-state index is 12.5. The number of para-hydroxylation sites is 2. The molecule has 1 aromatic carbocycles. The molecule has 1 fully saturated rings. The highest BCUT2D eigenvalue weighted by atomic mass is 16.6. The molecule has 0 aliphatic carbocycles. The Morgan fingerprint density at radius 3 is 2.69 bits per heavy atom. The van der Waals surface area contributed by atoms with E-state index in [1.165, 1.54) is 0 Å². The zero-order valence-electron chi connectivity index (χ0n) is 15.5. The minimum absolute atomic E-state index is 0.121. The zero-order valence-corrected chi connectivity index (χ0v) is 15.5. The monoisotopic (exact) mass is 362 g/mol. The molecule has 2 aliphatic rings. The van der Waals surface area contributed by atoms with Gasteiger partial charge in [0, 0.05) is 19.1 Å². The van der Waals surface area contributed by atoms with Crippen molar-refractivity contribution in [1.29, 1.82) is 0 Å². The van der Waals surface area contributed by atoms with E-state index in [0.29, 0.717) is 24.6 Å². The average molecular weight is 362 g/mol. The molecular weight excluding hydrogens is 336 g/mol. The molecule has 7 nitrogen and oxygen atoms in total. The molecule has 3 rings (SSSR count). The Morgan fingerprint density at radius 1 is 1.23 bits per heavy atom. The van der Waals surface area contributed by atoms with E-state index >= 15 is 0 Å². The third-order valence-electron chi connectivity index (χ3n) is 4.22. The fourth-order valence-electron chi connectivity index (χ4n) is 3.03. The standard InChI is InChI=1S/C19H26N2O5/c1-19(2,3)26-18(23)21-10-6-7-13(11-21)20-17(22)16-12-24-14-8-4-5-9-15(14)25-16/h4-5,8-9,13,16H,6-7,10-12H2,1-3H3,(H,20,22)/t13-,16-/m1/s1. The van der Waals surface area contributed by atoms with E-state index in [1.54, 1.807) is 11.0 Å². The van der Waals surface area contributed by atoms with E-state index in [1.807, 2.05) is 39.0 Å². The van der Waals surface area contributed by atoms with Crippen molar-refractivity contribution in [1.82, 2.24) is 10.2 Å². The predicted octanol–water partition coefficient (Wildman–Crippen LogP) is 2.34. The van der Waals surface area contributed by atoms with Gasteiger partial charge in [-0.3, -0.25) is 4.79 Å². The number of amides is 2. The molecule has 0 spiro atoms. The van der Waals surface area contributed by atoms with Crippen LogP contribution in [0.15, 0.2) is 24.3 Å². The number of hydrogen-bond acceptors (Lipinski definition) is 5. The van der Waals surface area contributed by atoms with Crippen molar-refractivity contribution in [2.45, 2.75) is 51.4 Å². The van der Waals surface area contributed by atoms with E-state index in [-0.39, 0.29) is 24.6 Å². The van der Waals surface area contributed by atoms with Crippen molar-refractivity contribution in [2.24, 2.45) is 0 Å². The second-order valence-electron chi connectivity index (χ2n) is 7.64. The Kier molecular flexibility index (Phi) is 5.25. The SMILES string of the molecule is CC(C)(C)OC(=O)N1CCC[C@@H](NC(=O)[C@H]2COc3ccccc3O2)C1. The number of likely N-dealkylation sites (tertiary alicyclic amines) is 1. The van der Waals surface area contributed by atoms with Crippen LogP contribution in [0.2, 0.25) is 0 Å². The molecule has 0 saturated carbocycles. The molecular formula is C19H26N2O5. The number of nitrogens with one attached hydrogen (secondary N) is 1. The van der Waals surface area contributed by atoms with Gasteiger partial charge in [0.05, 0.1) is 0 Å². The van der Waals surface area contributed by atoms with E-state index < -0.39 is 11.7 Å². The third kappa shape index (κ3) is 4.59. The van der Waals surface area contributed by atoms with Crippen LogP contribution in [0.25, 0.3) is 0 Å². The molecule has 2 heterocycles. The molecule has 2 aliphatic heterocycles. The second-order valence-corrected chi connectivity index (χ2v) is 7.64. The second kappa shape index (κ2) is 7.43. The number of ether oxygens (including phenoxy) is 3.